The Morgan fingerprint density at radius 2 is 1.68 bits per heavy atom. The fourth-order valence-electron chi connectivity index (χ4n) is 3.68. The first-order valence-electron chi connectivity index (χ1n) is 8.08. The molecule has 2 saturated carbocycles. The molecule has 0 unspecified atom stereocenters. The molecule has 2 N–H and O–H groups in total. The largest absolute Gasteiger partial charge is 0.391 e. The van der Waals surface area contributed by atoms with Crippen molar-refractivity contribution in [3.05, 3.63) is 11.7 Å². The van der Waals surface area contributed by atoms with Crippen molar-refractivity contribution in [3.8, 4) is 0 Å². The van der Waals surface area contributed by atoms with Crippen LogP contribution >= 0.6 is 0 Å². The number of nitrogens with zero attached hydrogens (tertiary/aromatic N) is 2. The molecule has 2 fully saturated rings. The smallest absolute Gasteiger partial charge is 0.339 e. The number of hydrogen-bond acceptors (Lipinski definition) is 4. The Kier molecular flexibility index (Phi) is 4.18. The van der Waals surface area contributed by atoms with Crippen molar-refractivity contribution in [2.75, 3.05) is 0 Å². The first-order chi connectivity index (χ1) is 10.4. The molecule has 124 valence electrons. The molecule has 0 amide bonds. The zero-order valence-electron chi connectivity index (χ0n) is 12.5. The van der Waals surface area contributed by atoms with E-state index in [9.17, 15) is 13.2 Å². The molecule has 1 heterocycles. The first kappa shape index (κ1) is 15.8. The molecule has 2 aliphatic carbocycles. The van der Waals surface area contributed by atoms with Crippen LogP contribution in [0.25, 0.3) is 0 Å². The highest BCUT2D eigenvalue weighted by atomic mass is 19.4. The molecule has 1 aromatic rings. The van der Waals surface area contributed by atoms with E-state index < -0.39 is 17.6 Å². The Hall–Kier alpha value is -1.11. The van der Waals surface area contributed by atoms with Gasteiger partial charge in [0.25, 0.3) is 0 Å². The van der Waals surface area contributed by atoms with E-state index in [0.29, 0.717) is 24.6 Å². The summed E-state index contributed by atoms with van der Waals surface area (Å²) in [4.78, 5) is 4.43. The number of alkyl halides is 3. The van der Waals surface area contributed by atoms with Crippen LogP contribution in [-0.4, -0.2) is 16.3 Å². The Morgan fingerprint density at radius 1 is 1.05 bits per heavy atom. The quantitative estimate of drug-likeness (QED) is 0.894. The van der Waals surface area contributed by atoms with Crippen LogP contribution in [0.4, 0.5) is 13.2 Å². The van der Waals surface area contributed by atoms with Gasteiger partial charge in [-0.15, -0.1) is 0 Å². The summed E-state index contributed by atoms with van der Waals surface area (Å²) in [5.41, 5.74) is 5.84. The lowest BCUT2D eigenvalue weighted by Gasteiger charge is -2.30. The summed E-state index contributed by atoms with van der Waals surface area (Å²) in [6.07, 6.45) is 2.04. The van der Waals surface area contributed by atoms with Crippen LogP contribution in [-0.2, 0) is 5.54 Å². The second-order valence-corrected chi connectivity index (χ2v) is 6.76. The molecule has 0 saturated heterocycles. The van der Waals surface area contributed by atoms with Gasteiger partial charge in [-0.25, -0.2) is 0 Å². The Balaban J connectivity index is 1.65. The maximum Gasteiger partial charge on any atom is 0.391 e. The number of aromatic nitrogens is 2. The molecule has 0 atom stereocenters. The first-order valence-corrected chi connectivity index (χ1v) is 8.08. The van der Waals surface area contributed by atoms with Gasteiger partial charge in [-0.3, -0.25) is 0 Å². The maximum absolute atomic E-state index is 12.7. The summed E-state index contributed by atoms with van der Waals surface area (Å²) >= 11 is 0. The molecule has 0 aromatic carbocycles. The zero-order chi connectivity index (χ0) is 15.8. The molecule has 2 aliphatic rings. The third-order valence-corrected chi connectivity index (χ3v) is 5.17. The molecule has 0 bridgehead atoms. The molecule has 0 aliphatic heterocycles. The predicted octanol–water partition coefficient (Wildman–Crippen LogP) is 4.02. The lowest BCUT2D eigenvalue weighted by atomic mass is 9.81. The van der Waals surface area contributed by atoms with Crippen molar-refractivity contribution in [3.63, 3.8) is 0 Å². The lowest BCUT2D eigenvalue weighted by molar-refractivity contribution is -0.182. The van der Waals surface area contributed by atoms with Crippen molar-refractivity contribution in [1.82, 2.24) is 10.1 Å². The van der Waals surface area contributed by atoms with Crippen LogP contribution < -0.4 is 5.73 Å². The molecule has 22 heavy (non-hydrogen) atoms. The molecule has 4 nitrogen and oxygen atoms in total. The summed E-state index contributed by atoms with van der Waals surface area (Å²) in [5.74, 6) is -0.261. The third kappa shape index (κ3) is 3.14. The number of rotatable bonds is 2. The van der Waals surface area contributed by atoms with Crippen LogP contribution in [0.2, 0.25) is 0 Å². The van der Waals surface area contributed by atoms with Gasteiger partial charge in [0.1, 0.15) is 0 Å². The van der Waals surface area contributed by atoms with Gasteiger partial charge in [0, 0.05) is 5.92 Å². The number of hydrogen-bond donors (Lipinski definition) is 1. The van der Waals surface area contributed by atoms with Gasteiger partial charge in [-0.1, -0.05) is 24.4 Å². The summed E-state index contributed by atoms with van der Waals surface area (Å²) in [7, 11) is 0. The minimum absolute atomic E-state index is 0.0629. The minimum atomic E-state index is -4.09. The van der Waals surface area contributed by atoms with E-state index in [1.54, 1.807) is 0 Å². The fourth-order valence-corrected chi connectivity index (χ4v) is 3.68. The van der Waals surface area contributed by atoms with Crippen molar-refractivity contribution in [2.24, 2.45) is 11.7 Å². The summed E-state index contributed by atoms with van der Waals surface area (Å²) in [5, 5.41) is 4.02. The molecule has 7 heteroatoms. The van der Waals surface area contributed by atoms with E-state index in [1.165, 1.54) is 6.42 Å². The topological polar surface area (TPSA) is 64.9 Å². The van der Waals surface area contributed by atoms with Crippen LogP contribution in [0, 0.1) is 5.92 Å². The molecule has 0 radical (unpaired) electrons. The van der Waals surface area contributed by atoms with Gasteiger partial charge in [-0.05, 0) is 38.5 Å². The van der Waals surface area contributed by atoms with E-state index in [4.69, 9.17) is 10.3 Å². The van der Waals surface area contributed by atoms with Crippen molar-refractivity contribution in [1.29, 1.82) is 0 Å². The Labute approximate surface area is 127 Å². The zero-order valence-corrected chi connectivity index (χ0v) is 12.5. The minimum Gasteiger partial charge on any atom is -0.339 e. The average molecular weight is 317 g/mol. The second-order valence-electron chi connectivity index (χ2n) is 6.76. The highest BCUT2D eigenvalue weighted by Gasteiger charge is 2.43. The van der Waals surface area contributed by atoms with Gasteiger partial charge >= 0.3 is 6.18 Å². The third-order valence-electron chi connectivity index (χ3n) is 5.17. The standard InChI is InChI=1S/C15H22F3N3O/c16-15(17,18)11-6-4-10(5-7-11)12-20-13(21-22-12)14(19)8-2-1-3-9-14/h10-11H,1-9,19H2. The Bertz CT molecular complexity index is 500. The predicted molar refractivity (Wildman–Crippen MR) is 74.0 cm³/mol. The van der Waals surface area contributed by atoms with Crippen LogP contribution in [0.5, 0.6) is 0 Å². The van der Waals surface area contributed by atoms with Crippen molar-refractivity contribution >= 4 is 0 Å². The average Bonchev–Trinajstić information content (AvgIpc) is 2.98. The second kappa shape index (κ2) is 5.83. The summed E-state index contributed by atoms with van der Waals surface area (Å²) in [6, 6.07) is 0. The SMILES string of the molecule is NC1(c2noc(C3CCC(C(F)(F)F)CC3)n2)CCCCC1. The number of nitrogens with two attached hydrogens (primary N) is 1. The van der Waals surface area contributed by atoms with Gasteiger partial charge < -0.3 is 10.3 Å². The highest BCUT2D eigenvalue weighted by molar-refractivity contribution is 5.07. The van der Waals surface area contributed by atoms with Crippen LogP contribution in [0.1, 0.15) is 75.4 Å². The van der Waals surface area contributed by atoms with Gasteiger partial charge in [0.05, 0.1) is 11.5 Å². The molecule has 3 rings (SSSR count). The van der Waals surface area contributed by atoms with Gasteiger partial charge in [0.2, 0.25) is 5.89 Å². The van der Waals surface area contributed by atoms with E-state index >= 15 is 0 Å². The van der Waals surface area contributed by atoms with Crippen molar-refractivity contribution < 1.29 is 17.7 Å². The van der Waals surface area contributed by atoms with E-state index in [2.05, 4.69) is 10.1 Å². The summed E-state index contributed by atoms with van der Waals surface area (Å²) in [6.45, 7) is 0. The monoisotopic (exact) mass is 317 g/mol. The van der Waals surface area contributed by atoms with Crippen LogP contribution in [0.3, 0.4) is 0 Å². The van der Waals surface area contributed by atoms with Gasteiger partial charge in [0.15, 0.2) is 5.82 Å². The lowest BCUT2D eigenvalue weighted by Crippen LogP contribution is -2.39. The maximum atomic E-state index is 12.7. The molecule has 0 spiro atoms. The van der Waals surface area contributed by atoms with Gasteiger partial charge in [-0.2, -0.15) is 18.2 Å². The van der Waals surface area contributed by atoms with Crippen LogP contribution in [0.15, 0.2) is 4.52 Å². The van der Waals surface area contributed by atoms with Crippen molar-refractivity contribution in [2.45, 2.75) is 75.4 Å². The molecule has 1 aromatic heterocycles. The fraction of sp³-hybridized carbons (Fsp3) is 0.867. The number of halogens is 3. The highest BCUT2D eigenvalue weighted by Crippen LogP contribution is 2.43. The van der Waals surface area contributed by atoms with E-state index in [-0.39, 0.29) is 18.8 Å². The van der Waals surface area contributed by atoms with E-state index in [1.807, 2.05) is 0 Å². The van der Waals surface area contributed by atoms with E-state index in [0.717, 1.165) is 25.7 Å². The molecular weight excluding hydrogens is 295 g/mol. The summed E-state index contributed by atoms with van der Waals surface area (Å²) < 4.78 is 43.4. The normalized spacial score (nSPS) is 29.5. The molecular formula is C15H22F3N3O. The Morgan fingerprint density at radius 3 is 2.27 bits per heavy atom.